The molecular weight excluding hydrogens is 262 g/mol. The highest BCUT2D eigenvalue weighted by atomic mass is 16.3. The van der Waals surface area contributed by atoms with Crippen LogP contribution in [0.5, 0.6) is 5.75 Å². The summed E-state index contributed by atoms with van der Waals surface area (Å²) in [7, 11) is 1.76. The molecule has 110 valence electrons. The van der Waals surface area contributed by atoms with Crippen LogP contribution in [0.25, 0.3) is 0 Å². The van der Waals surface area contributed by atoms with E-state index in [1.165, 1.54) is 5.56 Å². The first-order chi connectivity index (χ1) is 9.91. The van der Waals surface area contributed by atoms with E-state index in [2.05, 4.69) is 0 Å². The van der Waals surface area contributed by atoms with Crippen molar-refractivity contribution in [3.63, 3.8) is 0 Å². The number of phenols is 1. The molecule has 0 fully saturated rings. The van der Waals surface area contributed by atoms with Gasteiger partial charge in [0.15, 0.2) is 0 Å². The number of carbonyl (C=O) groups is 1. The quantitative estimate of drug-likeness (QED) is 0.929. The van der Waals surface area contributed by atoms with Crippen molar-refractivity contribution in [3.05, 3.63) is 64.7 Å². The molecule has 0 aliphatic rings. The molecule has 1 atom stereocenters. The van der Waals surface area contributed by atoms with Gasteiger partial charge in [-0.1, -0.05) is 24.3 Å². The summed E-state index contributed by atoms with van der Waals surface area (Å²) in [4.78, 5) is 14.2. The maximum Gasteiger partial charge on any atom is 0.254 e. The van der Waals surface area contributed by atoms with E-state index in [0.29, 0.717) is 5.56 Å². The van der Waals surface area contributed by atoms with Crippen molar-refractivity contribution < 1.29 is 9.90 Å². The van der Waals surface area contributed by atoms with Gasteiger partial charge in [0.1, 0.15) is 5.75 Å². The van der Waals surface area contributed by atoms with Crippen molar-refractivity contribution in [3.8, 4) is 5.75 Å². The number of carbonyl (C=O) groups excluding carboxylic acids is 1. The lowest BCUT2D eigenvalue weighted by Crippen LogP contribution is -2.29. The zero-order chi connectivity index (χ0) is 15.6. The van der Waals surface area contributed by atoms with Gasteiger partial charge in [0.2, 0.25) is 0 Å². The van der Waals surface area contributed by atoms with Crippen molar-refractivity contribution in [1.29, 1.82) is 0 Å². The fourth-order valence-electron chi connectivity index (χ4n) is 2.30. The van der Waals surface area contributed by atoms with Crippen molar-refractivity contribution >= 4 is 5.91 Å². The normalized spacial score (nSPS) is 12.0. The first-order valence-corrected chi connectivity index (χ1v) is 7.04. The third-order valence-electron chi connectivity index (χ3n) is 4.04. The molecule has 2 aromatic rings. The molecule has 0 bridgehead atoms. The smallest absolute Gasteiger partial charge is 0.254 e. The largest absolute Gasteiger partial charge is 0.508 e. The van der Waals surface area contributed by atoms with Gasteiger partial charge in [0.05, 0.1) is 6.04 Å². The minimum absolute atomic E-state index is 0.0474. The lowest BCUT2D eigenvalue weighted by atomic mass is 10.0. The van der Waals surface area contributed by atoms with Gasteiger partial charge in [0, 0.05) is 18.2 Å². The Hall–Kier alpha value is -2.29. The Morgan fingerprint density at radius 3 is 2.38 bits per heavy atom. The highest BCUT2D eigenvalue weighted by molar-refractivity contribution is 5.94. The second kappa shape index (κ2) is 6.00. The van der Waals surface area contributed by atoms with Crippen LogP contribution in [0, 0.1) is 13.8 Å². The SMILES string of the molecule is Cc1ccc(C(=O)N(C)C(C)c2ccccc2O)cc1C. The second-order valence-electron chi connectivity index (χ2n) is 5.45. The monoisotopic (exact) mass is 283 g/mol. The van der Waals surface area contributed by atoms with E-state index in [0.717, 1.165) is 11.1 Å². The van der Waals surface area contributed by atoms with Crippen molar-refractivity contribution in [2.45, 2.75) is 26.8 Å². The van der Waals surface area contributed by atoms with Gasteiger partial charge in [-0.05, 0) is 50.1 Å². The van der Waals surface area contributed by atoms with Crippen LogP contribution >= 0.6 is 0 Å². The van der Waals surface area contributed by atoms with E-state index in [1.54, 1.807) is 24.1 Å². The van der Waals surface area contributed by atoms with Gasteiger partial charge in [0.25, 0.3) is 5.91 Å². The molecular formula is C18H21NO2. The number of hydrogen-bond donors (Lipinski definition) is 1. The molecule has 0 saturated heterocycles. The average molecular weight is 283 g/mol. The highest BCUT2D eigenvalue weighted by Crippen LogP contribution is 2.28. The lowest BCUT2D eigenvalue weighted by Gasteiger charge is -2.26. The summed E-state index contributed by atoms with van der Waals surface area (Å²) in [5.41, 5.74) is 3.69. The number of benzene rings is 2. The summed E-state index contributed by atoms with van der Waals surface area (Å²) in [6.07, 6.45) is 0. The number of hydrogen-bond acceptors (Lipinski definition) is 2. The molecule has 2 rings (SSSR count). The molecule has 0 aromatic heterocycles. The minimum atomic E-state index is -0.194. The predicted molar refractivity (Wildman–Crippen MR) is 84.5 cm³/mol. The molecule has 3 heteroatoms. The van der Waals surface area contributed by atoms with Crippen LogP contribution in [0.3, 0.4) is 0 Å². The molecule has 0 aliphatic carbocycles. The van der Waals surface area contributed by atoms with Crippen molar-refractivity contribution in [2.24, 2.45) is 0 Å². The van der Waals surface area contributed by atoms with Crippen LogP contribution in [0.1, 0.15) is 40.0 Å². The van der Waals surface area contributed by atoms with Crippen LogP contribution in [-0.2, 0) is 0 Å². The Balaban J connectivity index is 2.26. The zero-order valence-electron chi connectivity index (χ0n) is 12.9. The Morgan fingerprint density at radius 2 is 1.76 bits per heavy atom. The number of aromatic hydroxyl groups is 1. The van der Waals surface area contributed by atoms with Gasteiger partial charge in [-0.3, -0.25) is 4.79 Å². The van der Waals surface area contributed by atoms with Gasteiger partial charge < -0.3 is 10.0 Å². The molecule has 21 heavy (non-hydrogen) atoms. The van der Waals surface area contributed by atoms with Gasteiger partial charge >= 0.3 is 0 Å². The van der Waals surface area contributed by atoms with Gasteiger partial charge in [-0.2, -0.15) is 0 Å². The van der Waals surface area contributed by atoms with E-state index >= 15 is 0 Å². The van der Waals surface area contributed by atoms with Crippen LogP contribution in [0.15, 0.2) is 42.5 Å². The van der Waals surface area contributed by atoms with E-state index in [-0.39, 0.29) is 17.7 Å². The molecule has 0 aliphatic heterocycles. The van der Waals surface area contributed by atoms with Crippen LogP contribution in [-0.4, -0.2) is 23.0 Å². The zero-order valence-corrected chi connectivity index (χ0v) is 12.9. The Morgan fingerprint density at radius 1 is 1.10 bits per heavy atom. The molecule has 3 nitrogen and oxygen atoms in total. The predicted octanol–water partition coefficient (Wildman–Crippen LogP) is 3.84. The van der Waals surface area contributed by atoms with E-state index in [4.69, 9.17) is 0 Å². The molecule has 0 radical (unpaired) electrons. The maximum absolute atomic E-state index is 12.6. The van der Waals surface area contributed by atoms with E-state index in [9.17, 15) is 9.90 Å². The van der Waals surface area contributed by atoms with E-state index in [1.807, 2.05) is 51.1 Å². The van der Waals surface area contributed by atoms with Crippen LogP contribution < -0.4 is 0 Å². The summed E-state index contributed by atoms with van der Waals surface area (Å²) in [5, 5.41) is 9.92. The highest BCUT2D eigenvalue weighted by Gasteiger charge is 2.21. The van der Waals surface area contributed by atoms with Crippen LogP contribution in [0.2, 0.25) is 0 Å². The number of para-hydroxylation sites is 1. The number of rotatable bonds is 3. The number of phenolic OH excluding ortho intramolecular Hbond substituents is 1. The first-order valence-electron chi connectivity index (χ1n) is 7.04. The average Bonchev–Trinajstić information content (AvgIpc) is 2.48. The second-order valence-corrected chi connectivity index (χ2v) is 5.45. The third-order valence-corrected chi connectivity index (χ3v) is 4.04. The van der Waals surface area contributed by atoms with Gasteiger partial charge in [-0.15, -0.1) is 0 Å². The topological polar surface area (TPSA) is 40.5 Å². The summed E-state index contributed by atoms with van der Waals surface area (Å²) in [5.74, 6) is 0.165. The molecule has 0 spiro atoms. The summed E-state index contributed by atoms with van der Waals surface area (Å²) in [6, 6.07) is 12.6. The molecule has 1 N–H and O–H groups in total. The lowest BCUT2D eigenvalue weighted by molar-refractivity contribution is 0.0741. The summed E-state index contributed by atoms with van der Waals surface area (Å²) >= 11 is 0. The molecule has 1 unspecified atom stereocenters. The van der Waals surface area contributed by atoms with Crippen molar-refractivity contribution in [2.75, 3.05) is 7.05 Å². The minimum Gasteiger partial charge on any atom is -0.508 e. The third kappa shape index (κ3) is 3.07. The molecule has 0 saturated carbocycles. The summed E-state index contributed by atoms with van der Waals surface area (Å²) < 4.78 is 0. The number of aryl methyl sites for hydroxylation is 2. The Bertz CT molecular complexity index is 664. The van der Waals surface area contributed by atoms with Gasteiger partial charge in [-0.25, -0.2) is 0 Å². The Labute approximate surface area is 125 Å². The Kier molecular flexibility index (Phi) is 4.32. The number of amides is 1. The molecule has 0 heterocycles. The molecule has 2 aromatic carbocycles. The summed E-state index contributed by atoms with van der Waals surface area (Å²) in [6.45, 7) is 5.94. The fourth-order valence-corrected chi connectivity index (χ4v) is 2.30. The van der Waals surface area contributed by atoms with Crippen molar-refractivity contribution in [1.82, 2.24) is 4.90 Å². The molecule has 1 amide bonds. The first kappa shape index (κ1) is 15.1. The standard InChI is InChI=1S/C18H21NO2/c1-12-9-10-15(11-13(12)2)18(21)19(4)14(3)16-7-5-6-8-17(16)20/h5-11,14,20H,1-4H3. The fraction of sp³-hybridized carbons (Fsp3) is 0.278. The maximum atomic E-state index is 12.6. The number of nitrogens with zero attached hydrogens (tertiary/aromatic N) is 1. The van der Waals surface area contributed by atoms with Crippen LogP contribution in [0.4, 0.5) is 0 Å². The van der Waals surface area contributed by atoms with E-state index < -0.39 is 0 Å².